The zero-order valence-electron chi connectivity index (χ0n) is 12.9. The Balaban J connectivity index is 2.22. The summed E-state index contributed by atoms with van der Waals surface area (Å²) in [5.74, 6) is 0.0501. The number of hydrogen-bond acceptors (Lipinski definition) is 6. The van der Waals surface area contributed by atoms with Crippen molar-refractivity contribution in [2.24, 2.45) is 0 Å². The van der Waals surface area contributed by atoms with E-state index in [-0.39, 0.29) is 10.1 Å². The zero-order chi connectivity index (χ0) is 17.5. The number of carboxylic acid groups (broad SMARTS) is 1. The minimum absolute atomic E-state index is 0.0768. The number of aryl methyl sites for hydroxylation is 1. The first-order valence-electron chi connectivity index (χ1n) is 7.02. The Morgan fingerprint density at radius 1 is 1.50 bits per heavy atom. The van der Waals surface area contributed by atoms with E-state index in [4.69, 9.17) is 9.15 Å². The lowest BCUT2D eigenvalue weighted by atomic mass is 10.2. The van der Waals surface area contributed by atoms with Gasteiger partial charge in [0.2, 0.25) is 5.89 Å². The van der Waals surface area contributed by atoms with Gasteiger partial charge in [-0.25, -0.2) is 4.79 Å². The van der Waals surface area contributed by atoms with Crippen molar-refractivity contribution in [3.05, 3.63) is 51.7 Å². The molecule has 0 amide bonds. The van der Waals surface area contributed by atoms with Gasteiger partial charge in [-0.2, -0.15) is 0 Å². The van der Waals surface area contributed by atoms with Crippen LogP contribution in [0.4, 0.5) is 0 Å². The number of hydrogen-bond donors (Lipinski definition) is 1. The SMILES string of the molecule is C=CCOc1ccc(/C=C(\Sc2nnc(CC)o2)C(=O)O)cc1Br. The van der Waals surface area contributed by atoms with Crippen LogP contribution in [0.3, 0.4) is 0 Å². The summed E-state index contributed by atoms with van der Waals surface area (Å²) in [6.45, 7) is 5.86. The molecular formula is C16H15BrN2O4S. The summed E-state index contributed by atoms with van der Waals surface area (Å²) in [4.78, 5) is 11.5. The van der Waals surface area contributed by atoms with Crippen LogP contribution in [0.1, 0.15) is 18.4 Å². The molecule has 0 fully saturated rings. The van der Waals surface area contributed by atoms with Crippen molar-refractivity contribution in [1.29, 1.82) is 0 Å². The molecule has 0 saturated heterocycles. The van der Waals surface area contributed by atoms with Gasteiger partial charge in [-0.3, -0.25) is 0 Å². The van der Waals surface area contributed by atoms with Gasteiger partial charge in [-0.15, -0.1) is 10.2 Å². The monoisotopic (exact) mass is 410 g/mol. The van der Waals surface area contributed by atoms with Crippen molar-refractivity contribution in [2.45, 2.75) is 18.6 Å². The number of benzene rings is 1. The topological polar surface area (TPSA) is 85.5 Å². The summed E-state index contributed by atoms with van der Waals surface area (Å²) >= 11 is 4.31. The second-order valence-electron chi connectivity index (χ2n) is 4.52. The van der Waals surface area contributed by atoms with Gasteiger partial charge in [0.1, 0.15) is 17.3 Å². The average molecular weight is 411 g/mol. The lowest BCUT2D eigenvalue weighted by Crippen LogP contribution is -1.97. The van der Waals surface area contributed by atoms with E-state index in [1.807, 2.05) is 6.92 Å². The molecule has 126 valence electrons. The molecule has 2 aromatic rings. The van der Waals surface area contributed by atoms with Gasteiger partial charge in [-0.05, 0) is 51.5 Å². The number of nitrogens with zero attached hydrogens (tertiary/aromatic N) is 2. The summed E-state index contributed by atoms with van der Waals surface area (Å²) in [7, 11) is 0. The Labute approximate surface area is 151 Å². The molecule has 0 aliphatic carbocycles. The third kappa shape index (κ3) is 4.97. The van der Waals surface area contributed by atoms with Gasteiger partial charge in [0, 0.05) is 6.42 Å². The Hall–Kier alpha value is -2.06. The molecule has 24 heavy (non-hydrogen) atoms. The molecule has 0 radical (unpaired) electrons. The smallest absolute Gasteiger partial charge is 0.342 e. The molecule has 1 heterocycles. The maximum atomic E-state index is 11.5. The Kier molecular flexibility index (Phi) is 6.62. The van der Waals surface area contributed by atoms with E-state index in [1.54, 1.807) is 24.3 Å². The van der Waals surface area contributed by atoms with Gasteiger partial charge < -0.3 is 14.3 Å². The van der Waals surface area contributed by atoms with E-state index < -0.39 is 5.97 Å². The number of aliphatic carboxylic acids is 1. The van der Waals surface area contributed by atoms with Crippen LogP contribution in [0.2, 0.25) is 0 Å². The number of halogens is 1. The van der Waals surface area contributed by atoms with Crippen LogP contribution in [-0.2, 0) is 11.2 Å². The van der Waals surface area contributed by atoms with Gasteiger partial charge in [0.25, 0.3) is 5.22 Å². The standard InChI is InChI=1S/C16H15BrN2O4S/c1-3-7-22-12-6-5-10(8-11(12)17)9-13(15(20)21)24-16-19-18-14(4-2)23-16/h3,5-6,8-9H,1,4,7H2,2H3,(H,20,21)/b13-9-. The quantitative estimate of drug-likeness (QED) is 0.396. The Bertz CT molecular complexity index is 773. The van der Waals surface area contributed by atoms with Crippen LogP contribution in [0.15, 0.2) is 49.9 Å². The van der Waals surface area contributed by atoms with Crippen molar-refractivity contribution >= 4 is 39.7 Å². The average Bonchev–Trinajstić information content (AvgIpc) is 3.01. The number of ether oxygens (including phenoxy) is 1. The van der Waals surface area contributed by atoms with Crippen molar-refractivity contribution in [1.82, 2.24) is 10.2 Å². The minimum atomic E-state index is -1.07. The molecule has 0 aliphatic rings. The third-order valence-corrected chi connectivity index (χ3v) is 4.24. The third-order valence-electron chi connectivity index (χ3n) is 2.77. The first-order valence-corrected chi connectivity index (χ1v) is 8.63. The molecule has 0 spiro atoms. The number of rotatable bonds is 8. The van der Waals surface area contributed by atoms with E-state index >= 15 is 0 Å². The summed E-state index contributed by atoms with van der Waals surface area (Å²) in [5.41, 5.74) is 0.702. The molecule has 8 heteroatoms. The van der Waals surface area contributed by atoms with Gasteiger partial charge in [0.15, 0.2) is 0 Å². The molecule has 1 aromatic heterocycles. The van der Waals surface area contributed by atoms with Crippen molar-refractivity contribution in [3.63, 3.8) is 0 Å². The van der Waals surface area contributed by atoms with Crippen LogP contribution in [-0.4, -0.2) is 27.9 Å². The van der Waals surface area contributed by atoms with Crippen LogP contribution in [0.25, 0.3) is 6.08 Å². The van der Waals surface area contributed by atoms with Gasteiger partial charge in [0.05, 0.1) is 4.47 Å². The number of carbonyl (C=O) groups is 1. The van der Waals surface area contributed by atoms with Crippen molar-refractivity contribution < 1.29 is 19.1 Å². The predicted molar refractivity (Wildman–Crippen MR) is 95.0 cm³/mol. The fraction of sp³-hybridized carbons (Fsp3) is 0.188. The first-order chi connectivity index (χ1) is 11.5. The highest BCUT2D eigenvalue weighted by molar-refractivity contribution is 9.10. The largest absolute Gasteiger partial charge is 0.488 e. The maximum absolute atomic E-state index is 11.5. The predicted octanol–water partition coefficient (Wildman–Crippen LogP) is 4.18. The highest BCUT2D eigenvalue weighted by atomic mass is 79.9. The normalized spacial score (nSPS) is 11.3. The van der Waals surface area contributed by atoms with Crippen molar-refractivity contribution in [3.8, 4) is 5.75 Å². The highest BCUT2D eigenvalue weighted by Gasteiger charge is 2.15. The second kappa shape index (κ2) is 8.70. The maximum Gasteiger partial charge on any atom is 0.342 e. The van der Waals surface area contributed by atoms with E-state index in [0.29, 0.717) is 30.2 Å². The molecule has 1 aromatic carbocycles. The molecule has 0 saturated carbocycles. The minimum Gasteiger partial charge on any atom is -0.488 e. The summed E-state index contributed by atoms with van der Waals surface area (Å²) in [5, 5.41) is 17.2. The lowest BCUT2D eigenvalue weighted by molar-refractivity contribution is -0.131. The van der Waals surface area contributed by atoms with Gasteiger partial charge >= 0.3 is 5.97 Å². The first kappa shape index (κ1) is 18.3. The molecule has 2 rings (SSSR count). The molecular weight excluding hydrogens is 396 g/mol. The lowest BCUT2D eigenvalue weighted by Gasteiger charge is -2.07. The molecule has 1 N–H and O–H groups in total. The van der Waals surface area contributed by atoms with E-state index in [9.17, 15) is 9.90 Å². The number of carboxylic acids is 1. The van der Waals surface area contributed by atoms with Crippen LogP contribution >= 0.6 is 27.7 Å². The molecule has 0 atom stereocenters. The fourth-order valence-corrected chi connectivity index (χ4v) is 2.88. The Morgan fingerprint density at radius 3 is 2.88 bits per heavy atom. The molecule has 0 aliphatic heterocycles. The summed E-state index contributed by atoms with van der Waals surface area (Å²) in [6.07, 6.45) is 3.78. The van der Waals surface area contributed by atoms with E-state index in [0.717, 1.165) is 16.2 Å². The number of aromatic nitrogens is 2. The molecule has 6 nitrogen and oxygen atoms in total. The highest BCUT2D eigenvalue weighted by Crippen LogP contribution is 2.30. The van der Waals surface area contributed by atoms with Crippen LogP contribution < -0.4 is 4.74 Å². The fourth-order valence-electron chi connectivity index (χ4n) is 1.68. The second-order valence-corrected chi connectivity index (χ2v) is 6.37. The molecule has 0 unspecified atom stereocenters. The number of thioether (sulfide) groups is 1. The summed E-state index contributed by atoms with van der Waals surface area (Å²) in [6, 6.07) is 5.29. The zero-order valence-corrected chi connectivity index (χ0v) is 15.3. The van der Waals surface area contributed by atoms with Crippen molar-refractivity contribution in [2.75, 3.05) is 6.61 Å². The van der Waals surface area contributed by atoms with Gasteiger partial charge in [-0.1, -0.05) is 25.6 Å². The van der Waals surface area contributed by atoms with Crippen LogP contribution in [0.5, 0.6) is 5.75 Å². The van der Waals surface area contributed by atoms with E-state index in [1.165, 1.54) is 6.08 Å². The van der Waals surface area contributed by atoms with E-state index in [2.05, 4.69) is 32.7 Å². The Morgan fingerprint density at radius 2 is 2.29 bits per heavy atom. The molecule has 0 bridgehead atoms. The van der Waals surface area contributed by atoms with Crippen LogP contribution in [0, 0.1) is 0 Å². The summed E-state index contributed by atoms with van der Waals surface area (Å²) < 4.78 is 11.5.